The highest BCUT2D eigenvalue weighted by atomic mass is 35.5. The van der Waals surface area contributed by atoms with Crippen LogP contribution in [0, 0.1) is 0 Å². The van der Waals surface area contributed by atoms with Gasteiger partial charge in [0, 0.05) is 50.7 Å². The van der Waals surface area contributed by atoms with Crippen LogP contribution in [0.1, 0.15) is 11.8 Å². The van der Waals surface area contributed by atoms with Crippen LogP contribution in [0.25, 0.3) is 0 Å². The molecule has 0 bridgehead atoms. The van der Waals surface area contributed by atoms with E-state index >= 15 is 0 Å². The Balaban J connectivity index is 1.56. The second-order valence-electron chi connectivity index (χ2n) is 4.66. The number of hydrogen-bond donors (Lipinski definition) is 1. The molecule has 0 atom stereocenters. The van der Waals surface area contributed by atoms with Crippen molar-refractivity contribution in [2.75, 3.05) is 45.8 Å². The zero-order valence-corrected chi connectivity index (χ0v) is 12.6. The number of thiophene rings is 1. The summed E-state index contributed by atoms with van der Waals surface area (Å²) in [6, 6.07) is 4.06. The Labute approximate surface area is 119 Å². The fourth-order valence-corrected chi connectivity index (χ4v) is 3.28. The molecule has 2 rings (SSSR count). The Hall–Kier alpha value is -0.130. The van der Waals surface area contributed by atoms with Crippen molar-refractivity contribution >= 4 is 22.9 Å². The van der Waals surface area contributed by atoms with Gasteiger partial charge in [-0.2, -0.15) is 0 Å². The Bertz CT molecular complexity index is 348. The van der Waals surface area contributed by atoms with Crippen molar-refractivity contribution in [1.29, 1.82) is 0 Å². The molecule has 5 heteroatoms. The lowest BCUT2D eigenvalue weighted by molar-refractivity contribution is 0.138. The smallest absolute Gasteiger partial charge is 0.0931 e. The van der Waals surface area contributed by atoms with Crippen molar-refractivity contribution in [3.63, 3.8) is 0 Å². The van der Waals surface area contributed by atoms with Gasteiger partial charge in [0.1, 0.15) is 0 Å². The number of halogens is 1. The van der Waals surface area contributed by atoms with Crippen LogP contribution < -0.4 is 5.32 Å². The highest BCUT2D eigenvalue weighted by Crippen LogP contribution is 2.20. The van der Waals surface area contributed by atoms with Crippen molar-refractivity contribution in [2.24, 2.45) is 0 Å². The highest BCUT2D eigenvalue weighted by molar-refractivity contribution is 7.16. The molecule has 1 aliphatic rings. The van der Waals surface area contributed by atoms with Crippen molar-refractivity contribution in [3.05, 3.63) is 21.3 Å². The van der Waals surface area contributed by atoms with Crippen molar-refractivity contribution in [3.8, 4) is 0 Å². The zero-order valence-electron chi connectivity index (χ0n) is 11.0. The van der Waals surface area contributed by atoms with Crippen LogP contribution in [0.4, 0.5) is 0 Å². The van der Waals surface area contributed by atoms with E-state index in [1.807, 2.05) is 6.07 Å². The van der Waals surface area contributed by atoms with Gasteiger partial charge in [0.05, 0.1) is 4.34 Å². The van der Waals surface area contributed by atoms with Gasteiger partial charge in [-0.3, -0.25) is 4.90 Å². The van der Waals surface area contributed by atoms with Crippen molar-refractivity contribution in [2.45, 2.75) is 13.5 Å². The molecule has 0 spiro atoms. The maximum Gasteiger partial charge on any atom is 0.0931 e. The van der Waals surface area contributed by atoms with E-state index in [-0.39, 0.29) is 0 Å². The van der Waals surface area contributed by atoms with Gasteiger partial charge >= 0.3 is 0 Å². The first-order chi connectivity index (χ1) is 8.78. The van der Waals surface area contributed by atoms with E-state index in [9.17, 15) is 0 Å². The van der Waals surface area contributed by atoms with Gasteiger partial charge < -0.3 is 10.2 Å². The second-order valence-corrected chi connectivity index (χ2v) is 6.46. The van der Waals surface area contributed by atoms with Gasteiger partial charge in [-0.25, -0.2) is 0 Å². The quantitative estimate of drug-likeness (QED) is 0.809. The first-order valence-corrected chi connectivity index (χ1v) is 7.87. The standard InChI is InChI=1S/C13H22ClN3S/c1-2-16-7-9-17(10-8-16)6-5-15-11-12-3-4-13(14)18-12/h3-4,15H,2,5-11H2,1H3. The summed E-state index contributed by atoms with van der Waals surface area (Å²) < 4.78 is 0.877. The second kappa shape index (κ2) is 7.46. The average molecular weight is 288 g/mol. The van der Waals surface area contributed by atoms with E-state index < -0.39 is 0 Å². The van der Waals surface area contributed by atoms with Crippen molar-refractivity contribution < 1.29 is 0 Å². The predicted octanol–water partition coefficient (Wildman–Crippen LogP) is 2.13. The Morgan fingerprint density at radius 3 is 2.56 bits per heavy atom. The van der Waals surface area contributed by atoms with Crippen LogP contribution >= 0.6 is 22.9 Å². The molecule has 1 aromatic heterocycles. The van der Waals surface area contributed by atoms with Gasteiger partial charge in [-0.05, 0) is 18.7 Å². The monoisotopic (exact) mass is 287 g/mol. The van der Waals surface area contributed by atoms with Gasteiger partial charge in [0.25, 0.3) is 0 Å². The summed E-state index contributed by atoms with van der Waals surface area (Å²) in [5.74, 6) is 0. The lowest BCUT2D eigenvalue weighted by Gasteiger charge is -2.33. The van der Waals surface area contributed by atoms with Gasteiger partial charge in [-0.1, -0.05) is 18.5 Å². The maximum absolute atomic E-state index is 5.90. The maximum atomic E-state index is 5.90. The molecule has 1 aromatic rings. The minimum atomic E-state index is 0.877. The molecule has 0 unspecified atom stereocenters. The van der Waals surface area contributed by atoms with E-state index in [0.29, 0.717) is 0 Å². The predicted molar refractivity (Wildman–Crippen MR) is 79.6 cm³/mol. The van der Waals surface area contributed by atoms with Crippen LogP contribution in [-0.4, -0.2) is 55.6 Å². The van der Waals surface area contributed by atoms with E-state index in [1.165, 1.54) is 37.6 Å². The summed E-state index contributed by atoms with van der Waals surface area (Å²) in [5.41, 5.74) is 0. The fraction of sp³-hybridized carbons (Fsp3) is 0.692. The van der Waals surface area contributed by atoms with Crippen LogP contribution in [0.3, 0.4) is 0 Å². The third-order valence-electron chi connectivity index (χ3n) is 3.45. The molecular formula is C13H22ClN3S. The van der Waals surface area contributed by atoms with Gasteiger partial charge in [-0.15, -0.1) is 11.3 Å². The first kappa shape index (κ1) is 14.3. The highest BCUT2D eigenvalue weighted by Gasteiger charge is 2.14. The Morgan fingerprint density at radius 2 is 1.94 bits per heavy atom. The molecular weight excluding hydrogens is 266 g/mol. The van der Waals surface area contributed by atoms with Crippen LogP contribution in [0.15, 0.2) is 12.1 Å². The molecule has 0 aliphatic carbocycles. The van der Waals surface area contributed by atoms with E-state index in [0.717, 1.165) is 24.0 Å². The largest absolute Gasteiger partial charge is 0.311 e. The van der Waals surface area contributed by atoms with E-state index in [1.54, 1.807) is 11.3 Å². The Kier molecular flexibility index (Phi) is 5.92. The van der Waals surface area contributed by atoms with Gasteiger partial charge in [0.15, 0.2) is 0 Å². The number of nitrogens with one attached hydrogen (secondary N) is 1. The fourth-order valence-electron chi connectivity index (χ4n) is 2.22. The molecule has 0 saturated carbocycles. The van der Waals surface area contributed by atoms with Crippen LogP contribution in [-0.2, 0) is 6.54 Å². The summed E-state index contributed by atoms with van der Waals surface area (Å²) in [4.78, 5) is 6.37. The van der Waals surface area contributed by atoms with Crippen LogP contribution in [0.5, 0.6) is 0 Å². The third kappa shape index (κ3) is 4.52. The number of piperazine rings is 1. The summed E-state index contributed by atoms with van der Waals surface area (Å²) in [6.07, 6.45) is 0. The molecule has 0 radical (unpaired) electrons. The summed E-state index contributed by atoms with van der Waals surface area (Å²) >= 11 is 7.56. The molecule has 1 saturated heterocycles. The minimum absolute atomic E-state index is 0.877. The number of hydrogen-bond acceptors (Lipinski definition) is 4. The van der Waals surface area contributed by atoms with E-state index in [4.69, 9.17) is 11.6 Å². The summed E-state index contributed by atoms with van der Waals surface area (Å²) in [5, 5.41) is 3.48. The number of nitrogens with zero attached hydrogens (tertiary/aromatic N) is 2. The molecule has 102 valence electrons. The van der Waals surface area contributed by atoms with Crippen LogP contribution in [0.2, 0.25) is 4.34 Å². The lowest BCUT2D eigenvalue weighted by atomic mass is 10.3. The molecule has 0 aromatic carbocycles. The van der Waals surface area contributed by atoms with Gasteiger partial charge in [0.2, 0.25) is 0 Å². The molecule has 2 heterocycles. The third-order valence-corrected chi connectivity index (χ3v) is 4.68. The van der Waals surface area contributed by atoms with E-state index in [2.05, 4.69) is 28.1 Å². The normalized spacial score (nSPS) is 18.3. The zero-order chi connectivity index (χ0) is 12.8. The molecule has 1 N–H and O–H groups in total. The van der Waals surface area contributed by atoms with Crippen molar-refractivity contribution in [1.82, 2.24) is 15.1 Å². The molecule has 1 aliphatic heterocycles. The summed E-state index contributed by atoms with van der Waals surface area (Å²) in [7, 11) is 0. The molecule has 3 nitrogen and oxygen atoms in total. The topological polar surface area (TPSA) is 18.5 Å². The number of rotatable bonds is 6. The SMILES string of the molecule is CCN1CCN(CCNCc2ccc(Cl)s2)CC1. The molecule has 18 heavy (non-hydrogen) atoms. The molecule has 0 amide bonds. The minimum Gasteiger partial charge on any atom is -0.311 e. The number of likely N-dealkylation sites (N-methyl/N-ethyl adjacent to an activating group) is 1. The molecule has 1 fully saturated rings. The lowest BCUT2D eigenvalue weighted by Crippen LogP contribution is -2.47. The average Bonchev–Trinajstić information content (AvgIpc) is 2.81. The summed E-state index contributed by atoms with van der Waals surface area (Å²) in [6.45, 7) is 11.4. The first-order valence-electron chi connectivity index (χ1n) is 6.67. The Morgan fingerprint density at radius 1 is 1.22 bits per heavy atom.